The van der Waals surface area contributed by atoms with Gasteiger partial charge in [0.15, 0.2) is 5.58 Å². The summed E-state index contributed by atoms with van der Waals surface area (Å²) >= 11 is 0. The molecule has 17 aromatic rings. The monoisotopic (exact) mass is 1050 g/mol. The van der Waals surface area contributed by atoms with Crippen molar-refractivity contribution in [1.29, 1.82) is 0 Å². The SMILES string of the molecule is c1ccc(-n2c3ccccc3c3cc(-c4cc(-n5c6ccccc6c6cc(-c7ccccc7-c7ccccn7)ccc65)c5oc6ccc(-n7c8ccccc8c8cc(-c9ccccc9-c9ccccn9)ccc87)cc6c5c4)ccc32)cc1. The Labute approximate surface area is 471 Å². The van der Waals surface area contributed by atoms with Gasteiger partial charge in [0.2, 0.25) is 0 Å². The van der Waals surface area contributed by atoms with E-state index in [0.717, 1.165) is 133 Å². The standard InChI is InChI=1S/C76H47N5O/c1-2-18-52(19-3-1)79-68-29-11-8-24-58(68)61-42-48(32-36-71(61)79)51-45-65-64-47-53(80-69-30-12-9-25-59(69)62-43-49(33-37-72(62)80)54-20-4-6-22-56(54)66-27-14-16-40-77-66)35-39-75(64)82-76(65)74(46-51)81-70-31-13-10-26-60(70)63-44-50(34-38-73(63)81)55-21-5-7-23-57(55)67-28-15-17-41-78-67/h1-47H. The van der Waals surface area contributed by atoms with Crippen LogP contribution in [0, 0.1) is 0 Å². The molecule has 0 bridgehead atoms. The van der Waals surface area contributed by atoms with Gasteiger partial charge in [-0.3, -0.25) is 9.97 Å². The summed E-state index contributed by atoms with van der Waals surface area (Å²) in [5, 5.41) is 9.18. The summed E-state index contributed by atoms with van der Waals surface area (Å²) in [5.41, 5.74) is 22.5. The van der Waals surface area contributed by atoms with Gasteiger partial charge in [-0.05, 0) is 155 Å². The second-order valence-electron chi connectivity index (χ2n) is 21.3. The van der Waals surface area contributed by atoms with Crippen LogP contribution < -0.4 is 0 Å². The molecule has 0 saturated carbocycles. The Morgan fingerprint density at radius 3 is 1.26 bits per heavy atom. The highest BCUT2D eigenvalue weighted by Crippen LogP contribution is 2.45. The van der Waals surface area contributed by atoms with Crippen LogP contribution in [0.15, 0.2) is 290 Å². The summed E-state index contributed by atoms with van der Waals surface area (Å²) in [6, 6.07) is 98.5. The second kappa shape index (κ2) is 18.2. The molecule has 6 aromatic heterocycles. The van der Waals surface area contributed by atoms with Gasteiger partial charge in [0, 0.05) is 78.0 Å². The van der Waals surface area contributed by atoms with Gasteiger partial charge < -0.3 is 18.1 Å². The molecule has 0 amide bonds. The summed E-state index contributed by atoms with van der Waals surface area (Å²) in [5.74, 6) is 0. The number of para-hydroxylation sites is 4. The van der Waals surface area contributed by atoms with Crippen molar-refractivity contribution in [3.05, 3.63) is 285 Å². The summed E-state index contributed by atoms with van der Waals surface area (Å²) in [7, 11) is 0. The highest BCUT2D eigenvalue weighted by Gasteiger charge is 2.23. The molecule has 382 valence electrons. The molecular formula is C76H47N5O. The number of benzene rings is 11. The first kappa shape index (κ1) is 45.9. The van der Waals surface area contributed by atoms with Crippen molar-refractivity contribution in [3.63, 3.8) is 0 Å². The predicted octanol–water partition coefficient (Wildman–Crippen LogP) is 20.0. The molecule has 11 aromatic carbocycles. The lowest BCUT2D eigenvalue weighted by Gasteiger charge is -2.13. The number of fused-ring (bicyclic) bond motifs is 12. The molecule has 82 heavy (non-hydrogen) atoms. The Morgan fingerprint density at radius 1 is 0.256 bits per heavy atom. The second-order valence-corrected chi connectivity index (χ2v) is 21.3. The maximum absolute atomic E-state index is 7.25. The van der Waals surface area contributed by atoms with Gasteiger partial charge in [-0.25, -0.2) is 0 Å². The number of pyridine rings is 2. The first-order valence-electron chi connectivity index (χ1n) is 27.9. The van der Waals surface area contributed by atoms with Gasteiger partial charge in [-0.2, -0.15) is 0 Å². The van der Waals surface area contributed by atoms with E-state index in [-0.39, 0.29) is 0 Å². The van der Waals surface area contributed by atoms with Crippen LogP contribution in [0.25, 0.3) is 160 Å². The van der Waals surface area contributed by atoms with Gasteiger partial charge in [0.05, 0.1) is 50.2 Å². The maximum atomic E-state index is 7.25. The van der Waals surface area contributed by atoms with Crippen LogP contribution in [-0.4, -0.2) is 23.7 Å². The van der Waals surface area contributed by atoms with E-state index < -0.39 is 0 Å². The van der Waals surface area contributed by atoms with Gasteiger partial charge in [0.25, 0.3) is 0 Å². The number of aromatic nitrogens is 5. The van der Waals surface area contributed by atoms with E-state index in [0.29, 0.717) is 0 Å². The van der Waals surface area contributed by atoms with Crippen LogP contribution >= 0.6 is 0 Å². The highest BCUT2D eigenvalue weighted by atomic mass is 16.3. The molecule has 0 radical (unpaired) electrons. The lowest BCUT2D eigenvalue weighted by atomic mass is 9.96. The van der Waals surface area contributed by atoms with E-state index in [9.17, 15) is 0 Å². The third kappa shape index (κ3) is 7.08. The van der Waals surface area contributed by atoms with Crippen molar-refractivity contribution in [2.75, 3.05) is 0 Å². The van der Waals surface area contributed by atoms with E-state index in [2.05, 4.69) is 275 Å². The third-order valence-electron chi connectivity index (χ3n) is 16.8. The van der Waals surface area contributed by atoms with E-state index in [4.69, 9.17) is 14.4 Å². The van der Waals surface area contributed by atoms with Crippen LogP contribution in [0.2, 0.25) is 0 Å². The van der Waals surface area contributed by atoms with Crippen molar-refractivity contribution < 1.29 is 4.42 Å². The lowest BCUT2D eigenvalue weighted by molar-refractivity contribution is 0.666. The Balaban J connectivity index is 0.897. The third-order valence-corrected chi connectivity index (χ3v) is 16.8. The average molecular weight is 1050 g/mol. The number of hydrogen-bond acceptors (Lipinski definition) is 3. The molecule has 0 atom stereocenters. The minimum atomic E-state index is 0.821. The van der Waals surface area contributed by atoms with Crippen molar-refractivity contribution >= 4 is 87.4 Å². The summed E-state index contributed by atoms with van der Waals surface area (Å²) in [6.07, 6.45) is 3.73. The molecule has 0 aliphatic rings. The molecule has 0 aliphatic carbocycles. The van der Waals surface area contributed by atoms with Crippen molar-refractivity contribution in [1.82, 2.24) is 23.7 Å². The average Bonchev–Trinajstić information content (AvgIpc) is 3.56. The molecule has 6 heterocycles. The largest absolute Gasteiger partial charge is 0.454 e. The fraction of sp³-hybridized carbons (Fsp3) is 0. The van der Waals surface area contributed by atoms with E-state index in [1.807, 2.05) is 24.5 Å². The first-order chi connectivity index (χ1) is 40.7. The molecule has 17 rings (SSSR count). The molecule has 0 saturated heterocycles. The fourth-order valence-corrected chi connectivity index (χ4v) is 13.1. The molecule has 0 fully saturated rings. The number of nitrogens with zero attached hydrogens (tertiary/aromatic N) is 5. The van der Waals surface area contributed by atoms with Gasteiger partial charge in [-0.1, -0.05) is 152 Å². The number of furan rings is 1. The summed E-state index contributed by atoms with van der Waals surface area (Å²) in [6.45, 7) is 0. The molecule has 6 heteroatoms. The molecule has 0 spiro atoms. The molecule has 0 unspecified atom stereocenters. The zero-order chi connectivity index (χ0) is 53.8. The minimum Gasteiger partial charge on any atom is -0.454 e. The van der Waals surface area contributed by atoms with Crippen LogP contribution in [0.3, 0.4) is 0 Å². The maximum Gasteiger partial charge on any atom is 0.159 e. The zero-order valence-corrected chi connectivity index (χ0v) is 44.3. The minimum absolute atomic E-state index is 0.821. The van der Waals surface area contributed by atoms with Crippen LogP contribution in [0.5, 0.6) is 0 Å². The Kier molecular flexibility index (Phi) is 10.2. The lowest BCUT2D eigenvalue weighted by Crippen LogP contribution is -1.96. The molecule has 0 N–H and O–H groups in total. The molecule has 0 aliphatic heterocycles. The summed E-state index contributed by atoms with van der Waals surface area (Å²) in [4.78, 5) is 9.52. The zero-order valence-electron chi connectivity index (χ0n) is 44.3. The van der Waals surface area contributed by atoms with Crippen molar-refractivity contribution in [2.24, 2.45) is 0 Å². The van der Waals surface area contributed by atoms with Crippen LogP contribution in [0.4, 0.5) is 0 Å². The first-order valence-corrected chi connectivity index (χ1v) is 27.9. The van der Waals surface area contributed by atoms with Crippen LogP contribution in [-0.2, 0) is 0 Å². The topological polar surface area (TPSA) is 53.7 Å². The highest BCUT2D eigenvalue weighted by molar-refractivity contribution is 6.17. The van der Waals surface area contributed by atoms with E-state index in [1.165, 1.54) is 27.1 Å². The molecular weight excluding hydrogens is 999 g/mol. The Morgan fingerprint density at radius 2 is 0.695 bits per heavy atom. The normalized spacial score (nSPS) is 11.9. The smallest absolute Gasteiger partial charge is 0.159 e. The quantitative estimate of drug-likeness (QED) is 0.152. The predicted molar refractivity (Wildman–Crippen MR) is 340 cm³/mol. The molecule has 6 nitrogen and oxygen atoms in total. The fourth-order valence-electron chi connectivity index (χ4n) is 13.1. The number of hydrogen-bond donors (Lipinski definition) is 0. The van der Waals surface area contributed by atoms with Gasteiger partial charge in [0.1, 0.15) is 5.58 Å². The summed E-state index contributed by atoms with van der Waals surface area (Å²) < 4.78 is 14.5. The van der Waals surface area contributed by atoms with Gasteiger partial charge >= 0.3 is 0 Å². The van der Waals surface area contributed by atoms with E-state index >= 15 is 0 Å². The Hall–Kier alpha value is -11.1. The number of rotatable bonds is 8. The van der Waals surface area contributed by atoms with E-state index in [1.54, 1.807) is 0 Å². The van der Waals surface area contributed by atoms with Crippen LogP contribution in [0.1, 0.15) is 0 Å². The Bertz CT molecular complexity index is 5400. The van der Waals surface area contributed by atoms with Crippen molar-refractivity contribution in [3.8, 4) is 73.0 Å². The van der Waals surface area contributed by atoms with Crippen molar-refractivity contribution in [2.45, 2.75) is 0 Å². The van der Waals surface area contributed by atoms with Gasteiger partial charge in [-0.15, -0.1) is 0 Å².